The van der Waals surface area contributed by atoms with Gasteiger partial charge in [0.1, 0.15) is 34.9 Å². The molecule has 3 aliphatic rings. The number of ether oxygens (including phenoxy) is 4. The fraction of sp³-hybridized carbons (Fsp3) is 0.625. The van der Waals surface area contributed by atoms with E-state index in [-0.39, 0.29) is 23.9 Å². The van der Waals surface area contributed by atoms with E-state index in [1.54, 1.807) is 14.0 Å². The Morgan fingerprint density at radius 1 is 1.07 bits per heavy atom. The summed E-state index contributed by atoms with van der Waals surface area (Å²) < 4.78 is 29.2. The second-order valence-electron chi connectivity index (χ2n) is 9.51. The van der Waals surface area contributed by atoms with Crippen molar-refractivity contribution in [2.24, 2.45) is 0 Å². The van der Waals surface area contributed by atoms with Crippen molar-refractivity contribution < 1.29 is 23.4 Å². The summed E-state index contributed by atoms with van der Waals surface area (Å²) in [5.41, 5.74) is 1.71. The van der Waals surface area contributed by atoms with E-state index in [1.165, 1.54) is 0 Å². The average molecular weight is 417 g/mol. The van der Waals surface area contributed by atoms with E-state index in [2.05, 4.69) is 39.8 Å². The molecule has 0 unspecified atom stereocenters. The molecule has 3 fully saturated rings. The number of fused-ring (bicyclic) bond motifs is 1. The summed E-state index contributed by atoms with van der Waals surface area (Å²) in [5, 5.41) is 0. The van der Waals surface area contributed by atoms with E-state index < -0.39 is 16.8 Å². The molecule has 0 aliphatic carbocycles. The molecule has 164 valence electrons. The molecule has 0 saturated carbocycles. The summed E-state index contributed by atoms with van der Waals surface area (Å²) in [6.07, 6.45) is 4.22. The summed E-state index contributed by atoms with van der Waals surface area (Å²) in [7, 11) is 1.56. The molecule has 1 aromatic heterocycles. The van der Waals surface area contributed by atoms with E-state index in [1.807, 2.05) is 20.8 Å². The maximum atomic E-state index is 12.3. The zero-order chi connectivity index (χ0) is 22.2. The second-order valence-corrected chi connectivity index (χ2v) is 9.51. The zero-order valence-corrected chi connectivity index (χ0v) is 19.3. The predicted octanol–water partition coefficient (Wildman–Crippen LogP) is 4.11. The van der Waals surface area contributed by atoms with Gasteiger partial charge in [0.2, 0.25) is 0 Å². The Bertz CT molecular complexity index is 1020. The van der Waals surface area contributed by atoms with Crippen LogP contribution in [0.15, 0.2) is 32.5 Å². The fourth-order valence-corrected chi connectivity index (χ4v) is 5.23. The van der Waals surface area contributed by atoms with Crippen molar-refractivity contribution in [3.05, 3.63) is 50.6 Å². The highest BCUT2D eigenvalue weighted by Crippen LogP contribution is 2.56. The molecule has 6 heteroatoms. The largest absolute Gasteiger partial charge is 0.496 e. The lowest BCUT2D eigenvalue weighted by Gasteiger charge is -2.24. The minimum absolute atomic E-state index is 0.0686. The molecule has 1 aromatic rings. The lowest BCUT2D eigenvalue weighted by molar-refractivity contribution is -0.0719. The van der Waals surface area contributed by atoms with Crippen LogP contribution in [0.4, 0.5) is 0 Å². The molecule has 3 saturated heterocycles. The van der Waals surface area contributed by atoms with Crippen LogP contribution in [0.3, 0.4) is 0 Å². The Balaban J connectivity index is 1.58. The van der Waals surface area contributed by atoms with Crippen molar-refractivity contribution >= 4 is 0 Å². The lowest BCUT2D eigenvalue weighted by atomic mass is 9.91. The van der Waals surface area contributed by atoms with E-state index in [0.29, 0.717) is 17.1 Å². The van der Waals surface area contributed by atoms with Gasteiger partial charge in [-0.1, -0.05) is 11.6 Å². The SMILES string of the molecule is COc1c(C)c([C@@]2(C)O[C@@H]2C(C)=CC(C)=C[C@]2(C)O[C@H](C)[C@@]3(C)O[C@H]32)oc(=O)c1C. The molecule has 4 rings (SSSR count). The lowest BCUT2D eigenvalue weighted by Crippen LogP contribution is -2.30. The van der Waals surface area contributed by atoms with Crippen molar-refractivity contribution in [1.29, 1.82) is 0 Å². The van der Waals surface area contributed by atoms with Crippen LogP contribution in [-0.2, 0) is 19.8 Å². The minimum Gasteiger partial charge on any atom is -0.496 e. The number of allylic oxidation sites excluding steroid dienone is 2. The monoisotopic (exact) mass is 416 g/mol. The number of hydrogen-bond donors (Lipinski definition) is 0. The van der Waals surface area contributed by atoms with Crippen LogP contribution >= 0.6 is 0 Å². The van der Waals surface area contributed by atoms with Gasteiger partial charge >= 0.3 is 5.63 Å². The Morgan fingerprint density at radius 3 is 2.27 bits per heavy atom. The first-order valence-electron chi connectivity index (χ1n) is 10.5. The van der Waals surface area contributed by atoms with Gasteiger partial charge in [-0.05, 0) is 67.0 Å². The first-order chi connectivity index (χ1) is 13.9. The van der Waals surface area contributed by atoms with Crippen molar-refractivity contribution in [3.8, 4) is 5.75 Å². The van der Waals surface area contributed by atoms with Crippen LogP contribution in [-0.4, -0.2) is 36.6 Å². The van der Waals surface area contributed by atoms with Crippen LogP contribution in [0, 0.1) is 13.8 Å². The Morgan fingerprint density at radius 2 is 1.73 bits per heavy atom. The van der Waals surface area contributed by atoms with Gasteiger partial charge in [0.25, 0.3) is 0 Å². The molecule has 6 nitrogen and oxygen atoms in total. The maximum Gasteiger partial charge on any atom is 0.342 e. The van der Waals surface area contributed by atoms with E-state index in [9.17, 15) is 4.79 Å². The van der Waals surface area contributed by atoms with Gasteiger partial charge in [-0.25, -0.2) is 4.79 Å². The third-order valence-electron chi connectivity index (χ3n) is 6.96. The van der Waals surface area contributed by atoms with Gasteiger partial charge in [0.05, 0.1) is 18.8 Å². The summed E-state index contributed by atoms with van der Waals surface area (Å²) in [6, 6.07) is 0. The summed E-state index contributed by atoms with van der Waals surface area (Å²) in [4.78, 5) is 12.3. The molecule has 6 atom stereocenters. The summed E-state index contributed by atoms with van der Waals surface area (Å²) in [6.45, 7) is 15.9. The summed E-state index contributed by atoms with van der Waals surface area (Å²) >= 11 is 0. The number of hydrogen-bond acceptors (Lipinski definition) is 6. The van der Waals surface area contributed by atoms with Crippen LogP contribution in [0.25, 0.3) is 0 Å². The minimum atomic E-state index is -0.689. The highest BCUT2D eigenvalue weighted by molar-refractivity contribution is 5.45. The third-order valence-corrected chi connectivity index (χ3v) is 6.96. The molecule has 30 heavy (non-hydrogen) atoms. The van der Waals surface area contributed by atoms with Gasteiger partial charge < -0.3 is 23.4 Å². The standard InChI is InChI=1S/C24H32O6/c1-12(11-22(6)21-23(7,30-21)16(5)28-22)10-13(2)18-24(8,29-18)19-14(3)17(26-9)15(4)20(25)27-19/h10-11,16,18,21H,1-9H3/t16-,18-,21+,22+,23-,24+/m1/s1. The van der Waals surface area contributed by atoms with Gasteiger partial charge in [-0.15, -0.1) is 0 Å². The molecule has 0 radical (unpaired) electrons. The van der Waals surface area contributed by atoms with Gasteiger partial charge in [-0.3, -0.25) is 0 Å². The van der Waals surface area contributed by atoms with E-state index in [0.717, 1.165) is 16.7 Å². The quantitative estimate of drug-likeness (QED) is 0.531. The maximum absolute atomic E-state index is 12.3. The molecule has 3 aliphatic heterocycles. The highest BCUT2D eigenvalue weighted by Gasteiger charge is 2.71. The highest BCUT2D eigenvalue weighted by atomic mass is 16.7. The van der Waals surface area contributed by atoms with Crippen molar-refractivity contribution in [3.63, 3.8) is 0 Å². The Labute approximate surface area is 177 Å². The molecule has 0 aromatic carbocycles. The second kappa shape index (κ2) is 6.55. The zero-order valence-electron chi connectivity index (χ0n) is 19.3. The smallest absolute Gasteiger partial charge is 0.342 e. The predicted molar refractivity (Wildman–Crippen MR) is 113 cm³/mol. The van der Waals surface area contributed by atoms with E-state index in [4.69, 9.17) is 23.4 Å². The first kappa shape index (κ1) is 21.3. The first-order valence-corrected chi connectivity index (χ1v) is 10.5. The molecular formula is C24H32O6. The Kier molecular flexibility index (Phi) is 4.66. The third kappa shape index (κ3) is 3.00. The number of epoxide rings is 2. The van der Waals surface area contributed by atoms with Crippen LogP contribution < -0.4 is 10.4 Å². The van der Waals surface area contributed by atoms with Crippen molar-refractivity contribution in [2.45, 2.75) is 90.5 Å². The number of rotatable bonds is 5. The van der Waals surface area contributed by atoms with Crippen LogP contribution in [0.1, 0.15) is 58.4 Å². The summed E-state index contributed by atoms with van der Waals surface area (Å²) in [5.74, 6) is 1.08. The topological polar surface area (TPSA) is 73.7 Å². The average Bonchev–Trinajstić information content (AvgIpc) is 3.52. The normalized spacial score (nSPS) is 40.4. The van der Waals surface area contributed by atoms with Gasteiger partial charge in [0.15, 0.2) is 5.60 Å². The molecule has 0 spiro atoms. The molecular weight excluding hydrogens is 384 g/mol. The van der Waals surface area contributed by atoms with E-state index >= 15 is 0 Å². The van der Waals surface area contributed by atoms with Gasteiger partial charge in [-0.2, -0.15) is 0 Å². The Hall–Kier alpha value is -1.89. The van der Waals surface area contributed by atoms with Crippen molar-refractivity contribution in [2.75, 3.05) is 7.11 Å². The number of methoxy groups -OCH3 is 1. The molecule has 0 bridgehead atoms. The van der Waals surface area contributed by atoms with Crippen molar-refractivity contribution in [1.82, 2.24) is 0 Å². The van der Waals surface area contributed by atoms with Crippen LogP contribution in [0.5, 0.6) is 5.75 Å². The molecule has 0 amide bonds. The van der Waals surface area contributed by atoms with Crippen LogP contribution in [0.2, 0.25) is 0 Å². The fourth-order valence-electron chi connectivity index (χ4n) is 5.23. The molecule has 0 N–H and O–H groups in total. The molecule has 4 heterocycles. The van der Waals surface area contributed by atoms with Gasteiger partial charge in [0, 0.05) is 5.56 Å².